The van der Waals surface area contributed by atoms with Crippen molar-refractivity contribution < 1.29 is 0 Å². The lowest BCUT2D eigenvalue weighted by atomic mass is 10.1. The summed E-state index contributed by atoms with van der Waals surface area (Å²) in [5, 5.41) is 10.2. The third kappa shape index (κ3) is 2.81. The molecule has 0 atom stereocenters. The van der Waals surface area contributed by atoms with Crippen LogP contribution >= 0.6 is 27.3 Å². The summed E-state index contributed by atoms with van der Waals surface area (Å²) in [6.07, 6.45) is 5.12. The first-order valence-electron chi connectivity index (χ1n) is 7.15. The van der Waals surface area contributed by atoms with Crippen molar-refractivity contribution in [3.63, 3.8) is 0 Å². The highest BCUT2D eigenvalue weighted by Gasteiger charge is 2.21. The highest BCUT2D eigenvalue weighted by Crippen LogP contribution is 2.40. The van der Waals surface area contributed by atoms with Crippen LogP contribution in [0.4, 0.5) is 10.7 Å². The van der Waals surface area contributed by atoms with Crippen molar-refractivity contribution in [1.29, 1.82) is 5.26 Å². The van der Waals surface area contributed by atoms with Crippen LogP contribution in [0.25, 0.3) is 0 Å². The third-order valence-electron chi connectivity index (χ3n) is 3.80. The highest BCUT2D eigenvalue weighted by atomic mass is 79.9. The van der Waals surface area contributed by atoms with Gasteiger partial charge in [-0.1, -0.05) is 6.07 Å². The molecule has 0 fully saturated rings. The molecule has 1 heterocycles. The fraction of sp³-hybridized carbons (Fsp3) is 0.294. The zero-order chi connectivity index (χ0) is 15.7. The minimum Gasteiger partial charge on any atom is -0.377 e. The second kappa shape index (κ2) is 6.23. The lowest BCUT2D eigenvalue weighted by molar-refractivity contribution is 0.913. The van der Waals surface area contributed by atoms with E-state index in [2.05, 4.69) is 38.0 Å². The maximum Gasteiger partial charge on any atom is 0.134 e. The van der Waals surface area contributed by atoms with E-state index in [1.165, 1.54) is 16.9 Å². The summed E-state index contributed by atoms with van der Waals surface area (Å²) in [5.74, 6) is 0. The molecule has 0 unspecified atom stereocenters. The number of benzene rings is 1. The maximum atomic E-state index is 9.38. The Morgan fingerprint density at radius 2 is 2.18 bits per heavy atom. The molecule has 1 aromatic heterocycles. The molecule has 22 heavy (non-hydrogen) atoms. The van der Waals surface area contributed by atoms with E-state index in [0.29, 0.717) is 0 Å². The molecule has 3 nitrogen and oxygen atoms in total. The van der Waals surface area contributed by atoms with Crippen LogP contribution in [0, 0.1) is 11.3 Å². The molecular formula is C17H16BrN3S. The van der Waals surface area contributed by atoms with Gasteiger partial charge in [-0.2, -0.15) is 5.26 Å². The minimum atomic E-state index is 0.776. The number of hydrogen-bond donors (Lipinski definition) is 0. The van der Waals surface area contributed by atoms with Gasteiger partial charge in [0.15, 0.2) is 0 Å². The molecule has 0 amide bonds. The average molecular weight is 374 g/mol. The quantitative estimate of drug-likeness (QED) is 0.732. The van der Waals surface area contributed by atoms with Gasteiger partial charge in [-0.05, 0) is 58.5 Å². The van der Waals surface area contributed by atoms with Gasteiger partial charge in [-0.3, -0.25) is 0 Å². The van der Waals surface area contributed by atoms with Crippen LogP contribution in [0.2, 0.25) is 0 Å². The minimum absolute atomic E-state index is 0.776. The summed E-state index contributed by atoms with van der Waals surface area (Å²) in [7, 11) is 4.03. The van der Waals surface area contributed by atoms with Crippen LogP contribution in [0.5, 0.6) is 0 Å². The summed E-state index contributed by atoms with van der Waals surface area (Å²) in [6, 6.07) is 8.48. The summed E-state index contributed by atoms with van der Waals surface area (Å²) in [4.78, 5) is 7.96. The topological polar surface area (TPSA) is 39.4 Å². The number of nitrogens with zero attached hydrogens (tertiary/aromatic N) is 3. The van der Waals surface area contributed by atoms with Crippen molar-refractivity contribution in [1.82, 2.24) is 0 Å². The van der Waals surface area contributed by atoms with E-state index in [-0.39, 0.29) is 0 Å². The molecule has 0 bridgehead atoms. The third-order valence-corrected chi connectivity index (χ3v) is 5.63. The summed E-state index contributed by atoms with van der Waals surface area (Å²) in [5.41, 5.74) is 4.15. The Kier molecular flexibility index (Phi) is 4.32. The Hall–Kier alpha value is -1.64. The number of thiophene rings is 1. The van der Waals surface area contributed by atoms with E-state index in [1.807, 2.05) is 32.4 Å². The molecule has 0 spiro atoms. The molecular weight excluding hydrogens is 358 g/mol. The number of fused-ring (bicyclic) bond motifs is 1. The fourth-order valence-electron chi connectivity index (χ4n) is 2.70. The van der Waals surface area contributed by atoms with Crippen LogP contribution in [0.3, 0.4) is 0 Å². The Morgan fingerprint density at radius 3 is 2.86 bits per heavy atom. The van der Waals surface area contributed by atoms with E-state index in [0.717, 1.165) is 39.1 Å². The first kappa shape index (κ1) is 15.3. The Morgan fingerprint density at radius 1 is 1.36 bits per heavy atom. The number of rotatable bonds is 3. The van der Waals surface area contributed by atoms with Crippen LogP contribution < -0.4 is 4.90 Å². The second-order valence-electron chi connectivity index (χ2n) is 5.51. The number of hydrogen-bond acceptors (Lipinski definition) is 4. The van der Waals surface area contributed by atoms with Gasteiger partial charge in [0.2, 0.25) is 0 Å². The summed E-state index contributed by atoms with van der Waals surface area (Å²) >= 11 is 5.25. The Balaban J connectivity index is 1.89. The van der Waals surface area contributed by atoms with Crippen LogP contribution in [0.1, 0.15) is 28.0 Å². The van der Waals surface area contributed by atoms with E-state index in [9.17, 15) is 5.26 Å². The van der Waals surface area contributed by atoms with Gasteiger partial charge in [0.25, 0.3) is 0 Å². The van der Waals surface area contributed by atoms with Crippen molar-refractivity contribution >= 4 is 44.2 Å². The van der Waals surface area contributed by atoms with E-state index < -0.39 is 0 Å². The number of halogens is 1. The van der Waals surface area contributed by atoms with Crippen molar-refractivity contribution in [2.24, 2.45) is 4.99 Å². The van der Waals surface area contributed by atoms with Gasteiger partial charge in [-0.25, -0.2) is 4.99 Å². The van der Waals surface area contributed by atoms with Crippen molar-refractivity contribution in [3.8, 4) is 6.07 Å². The first-order chi connectivity index (χ1) is 10.6. The second-order valence-corrected chi connectivity index (χ2v) is 7.45. The number of aliphatic imine (C=N–C) groups is 1. The van der Waals surface area contributed by atoms with Gasteiger partial charge >= 0.3 is 0 Å². The molecule has 1 aromatic carbocycles. The summed E-state index contributed by atoms with van der Waals surface area (Å²) < 4.78 is 1.04. The van der Waals surface area contributed by atoms with Crippen molar-refractivity contribution in [2.45, 2.75) is 19.3 Å². The Bertz CT molecular complexity index is 784. The molecule has 0 aliphatic heterocycles. The fourth-order valence-corrected chi connectivity index (χ4v) is 4.63. The molecule has 0 N–H and O–H groups in total. The maximum absolute atomic E-state index is 9.38. The number of anilines is 1. The SMILES string of the molecule is CN(C)c1ccc(/C=N/c2sc3c(c2C#N)CCC3)cc1Br. The van der Waals surface area contributed by atoms with Crippen LogP contribution in [-0.4, -0.2) is 20.3 Å². The van der Waals surface area contributed by atoms with E-state index in [1.54, 1.807) is 11.3 Å². The molecule has 0 saturated heterocycles. The van der Waals surface area contributed by atoms with Crippen molar-refractivity contribution in [3.05, 3.63) is 44.2 Å². The molecule has 112 valence electrons. The summed E-state index contributed by atoms with van der Waals surface area (Å²) in [6.45, 7) is 0. The lowest BCUT2D eigenvalue weighted by Crippen LogP contribution is -2.09. The first-order valence-corrected chi connectivity index (χ1v) is 8.76. The van der Waals surface area contributed by atoms with Gasteiger partial charge in [0.1, 0.15) is 11.1 Å². The molecule has 3 rings (SSSR count). The van der Waals surface area contributed by atoms with Gasteiger partial charge < -0.3 is 4.90 Å². The monoisotopic (exact) mass is 373 g/mol. The number of nitriles is 1. The largest absolute Gasteiger partial charge is 0.377 e. The van der Waals surface area contributed by atoms with Gasteiger partial charge in [0, 0.05) is 29.7 Å². The van der Waals surface area contributed by atoms with E-state index in [4.69, 9.17) is 0 Å². The number of aryl methyl sites for hydroxylation is 1. The standard InChI is InChI=1S/C17H16BrN3S/c1-21(2)15-7-6-11(8-14(15)18)10-20-17-13(9-19)12-4-3-5-16(12)22-17/h6-8,10H,3-5H2,1-2H3/b20-10+. The van der Waals surface area contributed by atoms with E-state index >= 15 is 0 Å². The average Bonchev–Trinajstić information content (AvgIpc) is 3.04. The zero-order valence-electron chi connectivity index (χ0n) is 12.6. The molecule has 1 aliphatic rings. The molecule has 0 radical (unpaired) electrons. The predicted octanol–water partition coefficient (Wildman–Crippen LogP) is 4.69. The Labute approximate surface area is 143 Å². The van der Waals surface area contributed by atoms with Gasteiger partial charge in [-0.15, -0.1) is 11.3 Å². The molecule has 2 aromatic rings. The van der Waals surface area contributed by atoms with Crippen LogP contribution in [-0.2, 0) is 12.8 Å². The normalized spacial score (nSPS) is 13.4. The lowest BCUT2D eigenvalue weighted by Gasteiger charge is -2.14. The molecule has 5 heteroatoms. The zero-order valence-corrected chi connectivity index (χ0v) is 15.0. The van der Waals surface area contributed by atoms with Crippen LogP contribution in [0.15, 0.2) is 27.7 Å². The molecule has 1 aliphatic carbocycles. The smallest absolute Gasteiger partial charge is 0.134 e. The predicted molar refractivity (Wildman–Crippen MR) is 96.8 cm³/mol. The molecule has 0 saturated carbocycles. The highest BCUT2D eigenvalue weighted by molar-refractivity contribution is 9.10. The van der Waals surface area contributed by atoms with Gasteiger partial charge in [0.05, 0.1) is 11.3 Å². The van der Waals surface area contributed by atoms with Crippen molar-refractivity contribution in [2.75, 3.05) is 19.0 Å².